The van der Waals surface area contributed by atoms with E-state index in [1.165, 1.54) is 0 Å². The molecule has 0 fully saturated rings. The van der Waals surface area contributed by atoms with Crippen LogP contribution in [0, 0.1) is 0 Å². The molecular formula is C18H19ClN2O2. The number of carbonyl (C=O) groups excluding carboxylic acids is 1. The minimum atomic E-state index is -0.281. The van der Waals surface area contributed by atoms with Gasteiger partial charge in [-0.1, -0.05) is 41.9 Å². The van der Waals surface area contributed by atoms with Gasteiger partial charge in [-0.25, -0.2) is 4.79 Å². The second-order valence-corrected chi connectivity index (χ2v) is 5.37. The Hall–Kier alpha value is -2.46. The molecule has 0 aliphatic rings. The molecule has 0 spiro atoms. The van der Waals surface area contributed by atoms with Crippen molar-refractivity contribution >= 4 is 23.7 Å². The van der Waals surface area contributed by atoms with E-state index >= 15 is 0 Å². The van der Waals surface area contributed by atoms with Crippen molar-refractivity contribution in [2.75, 3.05) is 7.11 Å². The lowest BCUT2D eigenvalue weighted by Gasteiger charge is -2.14. The molecule has 1 unspecified atom stereocenters. The smallest absolute Gasteiger partial charge is 0.319 e. The molecule has 0 saturated carbocycles. The highest BCUT2D eigenvalue weighted by Crippen LogP contribution is 2.17. The maximum atomic E-state index is 11.9. The number of urea groups is 1. The third-order valence-corrected chi connectivity index (χ3v) is 3.69. The van der Waals surface area contributed by atoms with Crippen LogP contribution in [0.4, 0.5) is 4.79 Å². The molecule has 0 aliphatic carbocycles. The number of nitrogens with one attached hydrogen (secondary N) is 2. The van der Waals surface area contributed by atoms with Crippen molar-refractivity contribution in [2.24, 2.45) is 0 Å². The van der Waals surface area contributed by atoms with Gasteiger partial charge in [-0.15, -0.1) is 0 Å². The Morgan fingerprint density at radius 2 is 1.87 bits per heavy atom. The van der Waals surface area contributed by atoms with Crippen LogP contribution in [0.3, 0.4) is 0 Å². The van der Waals surface area contributed by atoms with Gasteiger partial charge in [0.05, 0.1) is 13.2 Å². The van der Waals surface area contributed by atoms with E-state index in [2.05, 4.69) is 10.6 Å². The van der Waals surface area contributed by atoms with Gasteiger partial charge < -0.3 is 15.4 Å². The molecule has 0 heterocycles. The van der Waals surface area contributed by atoms with Gasteiger partial charge >= 0.3 is 6.03 Å². The topological polar surface area (TPSA) is 50.4 Å². The molecule has 0 bridgehead atoms. The zero-order valence-electron chi connectivity index (χ0n) is 13.0. The van der Waals surface area contributed by atoms with Crippen molar-refractivity contribution < 1.29 is 9.53 Å². The van der Waals surface area contributed by atoms with Gasteiger partial charge in [0.15, 0.2) is 0 Å². The molecular weight excluding hydrogens is 312 g/mol. The van der Waals surface area contributed by atoms with E-state index in [0.717, 1.165) is 16.9 Å². The van der Waals surface area contributed by atoms with Crippen molar-refractivity contribution in [3.8, 4) is 5.75 Å². The summed E-state index contributed by atoms with van der Waals surface area (Å²) in [6.45, 7) is 1.92. The lowest BCUT2D eigenvalue weighted by Crippen LogP contribution is -2.34. The highest BCUT2D eigenvalue weighted by atomic mass is 35.5. The number of amides is 2. The number of carbonyl (C=O) groups is 1. The van der Waals surface area contributed by atoms with E-state index in [9.17, 15) is 4.79 Å². The number of hydrogen-bond acceptors (Lipinski definition) is 2. The highest BCUT2D eigenvalue weighted by molar-refractivity contribution is 6.32. The van der Waals surface area contributed by atoms with Gasteiger partial charge in [-0.05, 0) is 42.3 Å². The average Bonchev–Trinajstić information content (AvgIpc) is 2.56. The van der Waals surface area contributed by atoms with Crippen LogP contribution in [-0.2, 0) is 0 Å². The van der Waals surface area contributed by atoms with Crippen molar-refractivity contribution in [3.63, 3.8) is 0 Å². The lowest BCUT2D eigenvalue weighted by atomic mass is 10.1. The maximum absolute atomic E-state index is 11.9. The third-order valence-electron chi connectivity index (χ3n) is 3.35. The predicted molar refractivity (Wildman–Crippen MR) is 93.6 cm³/mol. The Balaban J connectivity index is 1.87. The van der Waals surface area contributed by atoms with Crippen molar-refractivity contribution in [1.29, 1.82) is 0 Å². The monoisotopic (exact) mass is 330 g/mol. The molecule has 5 heteroatoms. The Morgan fingerprint density at radius 3 is 2.52 bits per heavy atom. The highest BCUT2D eigenvalue weighted by Gasteiger charge is 2.08. The fourth-order valence-corrected chi connectivity index (χ4v) is 2.23. The van der Waals surface area contributed by atoms with E-state index in [0.29, 0.717) is 5.02 Å². The molecule has 23 heavy (non-hydrogen) atoms. The quantitative estimate of drug-likeness (QED) is 0.854. The van der Waals surface area contributed by atoms with Crippen molar-refractivity contribution in [1.82, 2.24) is 10.6 Å². The van der Waals surface area contributed by atoms with Gasteiger partial charge in [-0.2, -0.15) is 0 Å². The third kappa shape index (κ3) is 5.04. The molecule has 2 N–H and O–H groups in total. The van der Waals surface area contributed by atoms with Gasteiger partial charge in [0.1, 0.15) is 5.75 Å². The molecule has 0 saturated heterocycles. The van der Waals surface area contributed by atoms with Gasteiger partial charge in [0, 0.05) is 11.2 Å². The van der Waals surface area contributed by atoms with Gasteiger partial charge in [-0.3, -0.25) is 0 Å². The first-order chi connectivity index (χ1) is 11.1. The van der Waals surface area contributed by atoms with Crippen LogP contribution in [0.15, 0.2) is 54.7 Å². The summed E-state index contributed by atoms with van der Waals surface area (Å²) in [6.07, 6.45) is 3.32. The van der Waals surface area contributed by atoms with Crippen LogP contribution in [0.2, 0.25) is 5.02 Å². The van der Waals surface area contributed by atoms with Crippen molar-refractivity contribution in [3.05, 3.63) is 70.9 Å². The SMILES string of the molecule is COc1ccc(C(C)NC(=O)N/C=C/c2ccccc2Cl)cc1. The first kappa shape index (κ1) is 16.9. The van der Waals surface area contributed by atoms with Crippen LogP contribution in [0.5, 0.6) is 5.75 Å². The molecule has 0 radical (unpaired) electrons. The fraction of sp³-hybridized carbons (Fsp3) is 0.167. The van der Waals surface area contributed by atoms with E-state index in [-0.39, 0.29) is 12.1 Å². The molecule has 1 atom stereocenters. The van der Waals surface area contributed by atoms with Crippen LogP contribution in [0.1, 0.15) is 24.1 Å². The summed E-state index contributed by atoms with van der Waals surface area (Å²) in [4.78, 5) is 11.9. The second-order valence-electron chi connectivity index (χ2n) is 4.97. The molecule has 4 nitrogen and oxygen atoms in total. The zero-order valence-corrected chi connectivity index (χ0v) is 13.8. The van der Waals surface area contributed by atoms with E-state index in [4.69, 9.17) is 16.3 Å². The minimum absolute atomic E-state index is 0.116. The summed E-state index contributed by atoms with van der Waals surface area (Å²) in [7, 11) is 1.62. The number of methoxy groups -OCH3 is 1. The Labute approximate surface area is 141 Å². The minimum Gasteiger partial charge on any atom is -0.497 e. The van der Waals surface area contributed by atoms with Crippen LogP contribution in [0.25, 0.3) is 6.08 Å². The van der Waals surface area contributed by atoms with Crippen LogP contribution in [-0.4, -0.2) is 13.1 Å². The standard InChI is InChI=1S/C18H19ClN2O2/c1-13(14-7-9-16(23-2)10-8-14)21-18(22)20-12-11-15-5-3-4-6-17(15)19/h3-13H,1-2H3,(H2,20,21,22)/b12-11+. The summed E-state index contributed by atoms with van der Waals surface area (Å²) in [5.74, 6) is 0.785. The molecule has 0 aromatic heterocycles. The van der Waals surface area contributed by atoms with E-state index in [1.54, 1.807) is 25.5 Å². The number of benzene rings is 2. The molecule has 2 aromatic rings. The summed E-state index contributed by atoms with van der Waals surface area (Å²) < 4.78 is 5.12. The van der Waals surface area contributed by atoms with Gasteiger partial charge in [0.2, 0.25) is 0 Å². The Morgan fingerprint density at radius 1 is 1.17 bits per heavy atom. The zero-order chi connectivity index (χ0) is 16.7. The number of rotatable bonds is 5. The fourth-order valence-electron chi connectivity index (χ4n) is 2.03. The summed E-state index contributed by atoms with van der Waals surface area (Å²) in [5.41, 5.74) is 1.84. The number of hydrogen-bond donors (Lipinski definition) is 2. The normalized spacial score (nSPS) is 12.0. The van der Waals surface area contributed by atoms with Crippen LogP contribution < -0.4 is 15.4 Å². The van der Waals surface area contributed by atoms with E-state index < -0.39 is 0 Å². The molecule has 2 aromatic carbocycles. The first-order valence-electron chi connectivity index (χ1n) is 7.22. The Bertz CT molecular complexity index is 684. The van der Waals surface area contributed by atoms with Crippen LogP contribution >= 0.6 is 11.6 Å². The van der Waals surface area contributed by atoms with Crippen molar-refractivity contribution in [2.45, 2.75) is 13.0 Å². The molecule has 0 aliphatic heterocycles. The summed E-state index contributed by atoms with van der Waals surface area (Å²) >= 11 is 6.04. The molecule has 120 valence electrons. The van der Waals surface area contributed by atoms with Gasteiger partial charge in [0.25, 0.3) is 0 Å². The first-order valence-corrected chi connectivity index (χ1v) is 7.60. The largest absolute Gasteiger partial charge is 0.497 e. The average molecular weight is 331 g/mol. The molecule has 2 rings (SSSR count). The number of halogens is 1. The summed E-state index contributed by atoms with van der Waals surface area (Å²) in [5, 5.41) is 6.16. The maximum Gasteiger partial charge on any atom is 0.319 e. The number of ether oxygens (including phenoxy) is 1. The van der Waals surface area contributed by atoms with E-state index in [1.807, 2.05) is 49.4 Å². The lowest BCUT2D eigenvalue weighted by molar-refractivity contribution is 0.241. The molecule has 2 amide bonds. The Kier molecular flexibility index (Phi) is 6.06. The second kappa shape index (κ2) is 8.25. The summed E-state index contributed by atoms with van der Waals surface area (Å²) in [6, 6.07) is 14.6. The predicted octanol–water partition coefficient (Wildman–Crippen LogP) is 4.38.